The number of amides is 1. The molecule has 2 heterocycles. The lowest BCUT2D eigenvalue weighted by atomic mass is 10.3. The van der Waals surface area contributed by atoms with Crippen molar-refractivity contribution >= 4 is 45.1 Å². The largest absolute Gasteiger partial charge is 0.294 e. The zero-order valence-corrected chi connectivity index (χ0v) is 12.7. The minimum atomic E-state index is -0.106. The Kier molecular flexibility index (Phi) is 4.81. The Hall–Kier alpha value is -1.53. The van der Waals surface area contributed by atoms with E-state index in [1.54, 1.807) is 22.7 Å². The van der Waals surface area contributed by atoms with E-state index in [1.165, 1.54) is 17.4 Å². The fourth-order valence-electron chi connectivity index (χ4n) is 1.51. The van der Waals surface area contributed by atoms with Crippen molar-refractivity contribution in [1.82, 2.24) is 9.97 Å². The molecule has 2 aromatic rings. The molecule has 0 N–H and O–H groups in total. The van der Waals surface area contributed by atoms with E-state index in [4.69, 9.17) is 0 Å². The lowest BCUT2D eigenvalue weighted by molar-refractivity contribution is -0.114. The number of carbonyl (C=O) groups excluding carboxylic acids is 1. The maximum atomic E-state index is 12.1. The molecule has 6 heteroatoms. The summed E-state index contributed by atoms with van der Waals surface area (Å²) in [6, 6.07) is 3.67. The second kappa shape index (κ2) is 6.58. The molecule has 2 rings (SSSR count). The highest BCUT2D eigenvalue weighted by Crippen LogP contribution is 2.15. The predicted molar refractivity (Wildman–Crippen MR) is 81.1 cm³/mol. The Balaban J connectivity index is 2.13. The Bertz CT molecular complexity index is 566. The SMILES string of the molecule is CCN(C(=O)/C=C\c1cscn1)c1ccc(Br)cn1. The average molecular weight is 338 g/mol. The Morgan fingerprint density at radius 2 is 2.32 bits per heavy atom. The lowest BCUT2D eigenvalue weighted by Gasteiger charge is -2.17. The van der Waals surface area contributed by atoms with Gasteiger partial charge in [-0.2, -0.15) is 0 Å². The molecule has 0 atom stereocenters. The first-order chi connectivity index (χ1) is 9.20. The average Bonchev–Trinajstić information content (AvgIpc) is 2.92. The fourth-order valence-corrected chi connectivity index (χ4v) is 2.27. The van der Waals surface area contributed by atoms with Crippen LogP contribution in [0.2, 0.25) is 0 Å². The van der Waals surface area contributed by atoms with Crippen LogP contribution in [0.3, 0.4) is 0 Å². The minimum absolute atomic E-state index is 0.106. The summed E-state index contributed by atoms with van der Waals surface area (Å²) in [6.45, 7) is 2.48. The zero-order valence-electron chi connectivity index (χ0n) is 10.3. The van der Waals surface area contributed by atoms with E-state index in [0.717, 1.165) is 10.2 Å². The van der Waals surface area contributed by atoms with Crippen LogP contribution in [0.1, 0.15) is 12.6 Å². The number of nitrogens with zero attached hydrogens (tertiary/aromatic N) is 3. The van der Waals surface area contributed by atoms with Gasteiger partial charge in [0.1, 0.15) is 5.82 Å². The molecule has 19 heavy (non-hydrogen) atoms. The molecule has 0 aliphatic carbocycles. The number of likely N-dealkylation sites (N-methyl/N-ethyl adjacent to an activating group) is 1. The summed E-state index contributed by atoms with van der Waals surface area (Å²) in [5.41, 5.74) is 2.52. The Morgan fingerprint density at radius 3 is 2.89 bits per heavy atom. The van der Waals surface area contributed by atoms with Crippen LogP contribution in [0.25, 0.3) is 6.08 Å². The highest BCUT2D eigenvalue weighted by Gasteiger charge is 2.11. The summed E-state index contributed by atoms with van der Waals surface area (Å²) >= 11 is 4.82. The van der Waals surface area contributed by atoms with Crippen molar-refractivity contribution in [3.8, 4) is 0 Å². The number of hydrogen-bond acceptors (Lipinski definition) is 4. The third-order valence-electron chi connectivity index (χ3n) is 2.42. The summed E-state index contributed by atoms with van der Waals surface area (Å²) in [4.78, 5) is 22.0. The number of hydrogen-bond donors (Lipinski definition) is 0. The molecule has 0 saturated carbocycles. The fraction of sp³-hybridized carbons (Fsp3) is 0.154. The van der Waals surface area contributed by atoms with Crippen molar-refractivity contribution in [2.45, 2.75) is 6.92 Å². The second-order valence-corrected chi connectivity index (χ2v) is 5.30. The lowest BCUT2D eigenvalue weighted by Crippen LogP contribution is -2.29. The first-order valence-corrected chi connectivity index (χ1v) is 7.43. The summed E-state index contributed by atoms with van der Waals surface area (Å²) in [5.74, 6) is 0.531. The van der Waals surface area contributed by atoms with Crippen molar-refractivity contribution in [2.24, 2.45) is 0 Å². The van der Waals surface area contributed by atoms with E-state index in [2.05, 4.69) is 25.9 Å². The number of anilines is 1. The topological polar surface area (TPSA) is 46.1 Å². The van der Waals surface area contributed by atoms with Crippen molar-refractivity contribution in [1.29, 1.82) is 0 Å². The van der Waals surface area contributed by atoms with Crippen molar-refractivity contribution < 1.29 is 4.79 Å². The quantitative estimate of drug-likeness (QED) is 0.803. The number of thiazole rings is 1. The first-order valence-electron chi connectivity index (χ1n) is 5.70. The van der Waals surface area contributed by atoms with Gasteiger partial charge in [0, 0.05) is 28.7 Å². The van der Waals surface area contributed by atoms with Crippen LogP contribution in [0.5, 0.6) is 0 Å². The van der Waals surface area contributed by atoms with Gasteiger partial charge in [0.05, 0.1) is 11.2 Å². The normalized spacial score (nSPS) is 10.8. The van der Waals surface area contributed by atoms with Crippen LogP contribution in [0.4, 0.5) is 5.82 Å². The van der Waals surface area contributed by atoms with Crippen LogP contribution in [0.15, 0.2) is 39.8 Å². The number of rotatable bonds is 4. The van der Waals surface area contributed by atoms with E-state index in [9.17, 15) is 4.79 Å². The monoisotopic (exact) mass is 337 g/mol. The summed E-state index contributed by atoms with van der Waals surface area (Å²) in [7, 11) is 0. The summed E-state index contributed by atoms with van der Waals surface area (Å²) in [6.07, 6.45) is 4.90. The van der Waals surface area contributed by atoms with Crippen LogP contribution in [-0.2, 0) is 4.79 Å². The molecule has 2 aromatic heterocycles. The number of pyridine rings is 1. The van der Waals surface area contributed by atoms with Crippen molar-refractivity contribution in [2.75, 3.05) is 11.4 Å². The maximum Gasteiger partial charge on any atom is 0.252 e. The zero-order chi connectivity index (χ0) is 13.7. The standard InChI is InChI=1S/C13H12BrN3OS/c1-2-17(12-5-3-10(14)7-15-12)13(18)6-4-11-8-19-9-16-11/h3-9H,2H2,1H3/b6-4-. The van der Waals surface area contributed by atoms with Gasteiger partial charge in [-0.3, -0.25) is 9.69 Å². The molecule has 0 radical (unpaired) electrons. The van der Waals surface area contributed by atoms with Gasteiger partial charge in [-0.05, 0) is 41.1 Å². The van der Waals surface area contributed by atoms with E-state index in [1.807, 2.05) is 24.4 Å². The van der Waals surface area contributed by atoms with E-state index >= 15 is 0 Å². The molecule has 0 aliphatic rings. The van der Waals surface area contributed by atoms with Crippen LogP contribution >= 0.6 is 27.3 Å². The van der Waals surface area contributed by atoms with Gasteiger partial charge in [-0.25, -0.2) is 9.97 Å². The van der Waals surface area contributed by atoms with Gasteiger partial charge in [0.2, 0.25) is 0 Å². The molecular formula is C13H12BrN3OS. The van der Waals surface area contributed by atoms with Crippen LogP contribution in [-0.4, -0.2) is 22.4 Å². The third-order valence-corrected chi connectivity index (χ3v) is 3.49. The van der Waals surface area contributed by atoms with Gasteiger partial charge >= 0.3 is 0 Å². The van der Waals surface area contributed by atoms with E-state index < -0.39 is 0 Å². The van der Waals surface area contributed by atoms with Gasteiger partial charge in [0.15, 0.2) is 0 Å². The molecule has 98 valence electrons. The maximum absolute atomic E-state index is 12.1. The van der Waals surface area contributed by atoms with Gasteiger partial charge in [-0.15, -0.1) is 11.3 Å². The first kappa shape index (κ1) is 13.9. The van der Waals surface area contributed by atoms with Gasteiger partial charge in [0.25, 0.3) is 5.91 Å². The second-order valence-electron chi connectivity index (χ2n) is 3.66. The minimum Gasteiger partial charge on any atom is -0.294 e. The molecule has 1 amide bonds. The summed E-state index contributed by atoms with van der Waals surface area (Å²) in [5, 5.41) is 1.89. The molecule has 0 saturated heterocycles. The number of aromatic nitrogens is 2. The molecule has 0 unspecified atom stereocenters. The molecular weight excluding hydrogens is 326 g/mol. The van der Waals surface area contributed by atoms with Crippen molar-refractivity contribution in [3.05, 3.63) is 45.5 Å². The highest BCUT2D eigenvalue weighted by atomic mass is 79.9. The van der Waals surface area contributed by atoms with Gasteiger partial charge in [-0.1, -0.05) is 0 Å². The van der Waals surface area contributed by atoms with Gasteiger partial charge < -0.3 is 0 Å². The summed E-state index contributed by atoms with van der Waals surface area (Å²) < 4.78 is 0.887. The number of halogens is 1. The molecule has 0 spiro atoms. The highest BCUT2D eigenvalue weighted by molar-refractivity contribution is 9.10. The molecule has 4 nitrogen and oxygen atoms in total. The molecule has 0 aliphatic heterocycles. The molecule has 0 fully saturated rings. The van der Waals surface area contributed by atoms with E-state index in [-0.39, 0.29) is 5.91 Å². The number of carbonyl (C=O) groups is 1. The Labute approximate surface area is 123 Å². The van der Waals surface area contributed by atoms with Crippen LogP contribution < -0.4 is 4.90 Å². The molecule has 0 aromatic carbocycles. The molecule has 0 bridgehead atoms. The Morgan fingerprint density at radius 1 is 1.47 bits per heavy atom. The van der Waals surface area contributed by atoms with Crippen LogP contribution in [0, 0.1) is 0 Å². The third kappa shape index (κ3) is 3.71. The predicted octanol–water partition coefficient (Wildman–Crippen LogP) is 3.37. The smallest absolute Gasteiger partial charge is 0.252 e. The van der Waals surface area contributed by atoms with Crippen molar-refractivity contribution in [3.63, 3.8) is 0 Å². The van der Waals surface area contributed by atoms with E-state index in [0.29, 0.717) is 12.4 Å².